The van der Waals surface area contributed by atoms with Gasteiger partial charge in [0, 0.05) is 24.4 Å². The first-order chi connectivity index (χ1) is 11.9. The summed E-state index contributed by atoms with van der Waals surface area (Å²) in [6.45, 7) is 0. The molecule has 128 valence electrons. The van der Waals surface area contributed by atoms with Crippen LogP contribution in [0.15, 0.2) is 48.7 Å². The van der Waals surface area contributed by atoms with E-state index in [4.69, 9.17) is 11.6 Å². The molecule has 0 aliphatic heterocycles. The Morgan fingerprint density at radius 3 is 2.64 bits per heavy atom. The fraction of sp³-hybridized carbons (Fsp3) is 0.0588. The molecule has 3 rings (SSSR count). The number of carbonyl (C=O) groups excluding carboxylic acids is 1. The SMILES string of the molecule is Cn1ncc(Cl)c1-c1cccc(NC(=O)Nc2ccc(F)cc2F)c1. The molecule has 2 amide bonds. The lowest BCUT2D eigenvalue weighted by Gasteiger charge is -2.10. The number of rotatable bonds is 3. The Kier molecular flexibility index (Phi) is 4.67. The van der Waals surface area contributed by atoms with Gasteiger partial charge in [0.1, 0.15) is 11.6 Å². The zero-order chi connectivity index (χ0) is 18.0. The molecule has 3 aromatic rings. The normalized spacial score (nSPS) is 10.6. The molecule has 2 aromatic carbocycles. The Morgan fingerprint density at radius 2 is 1.96 bits per heavy atom. The Balaban J connectivity index is 1.77. The van der Waals surface area contributed by atoms with Crippen LogP contribution >= 0.6 is 11.6 Å². The van der Waals surface area contributed by atoms with Crippen molar-refractivity contribution < 1.29 is 13.6 Å². The summed E-state index contributed by atoms with van der Waals surface area (Å²) in [4.78, 5) is 12.0. The molecular weight excluding hydrogens is 350 g/mol. The van der Waals surface area contributed by atoms with Gasteiger partial charge in [0.25, 0.3) is 0 Å². The maximum absolute atomic E-state index is 13.6. The Bertz CT molecular complexity index is 923. The standard InChI is InChI=1S/C17H13ClF2N4O/c1-24-16(13(18)9-21-24)10-3-2-4-12(7-10)22-17(25)23-15-6-5-11(19)8-14(15)20/h2-9H,1H3,(H2,22,23,25). The van der Waals surface area contributed by atoms with E-state index in [1.807, 2.05) is 6.07 Å². The molecule has 8 heteroatoms. The number of benzene rings is 2. The fourth-order valence-electron chi connectivity index (χ4n) is 2.36. The van der Waals surface area contributed by atoms with E-state index in [1.54, 1.807) is 29.9 Å². The molecule has 0 unspecified atom stereocenters. The summed E-state index contributed by atoms with van der Waals surface area (Å²) in [5, 5.41) is 9.47. The average Bonchev–Trinajstić information content (AvgIpc) is 2.89. The van der Waals surface area contributed by atoms with Crippen LogP contribution in [0.3, 0.4) is 0 Å². The van der Waals surface area contributed by atoms with E-state index in [-0.39, 0.29) is 5.69 Å². The van der Waals surface area contributed by atoms with Crippen molar-refractivity contribution in [2.75, 3.05) is 10.6 Å². The van der Waals surface area contributed by atoms with Crippen LogP contribution in [0.5, 0.6) is 0 Å². The van der Waals surface area contributed by atoms with Gasteiger partial charge in [0.05, 0.1) is 22.6 Å². The molecule has 0 saturated heterocycles. The molecule has 1 heterocycles. The molecule has 1 aromatic heterocycles. The van der Waals surface area contributed by atoms with Crippen LogP contribution in [0.2, 0.25) is 5.02 Å². The zero-order valence-electron chi connectivity index (χ0n) is 13.1. The number of nitrogens with zero attached hydrogens (tertiary/aromatic N) is 2. The topological polar surface area (TPSA) is 59.0 Å². The molecule has 0 spiro atoms. The van der Waals surface area contributed by atoms with Crippen molar-refractivity contribution in [3.8, 4) is 11.3 Å². The molecular formula is C17H13ClF2N4O. The van der Waals surface area contributed by atoms with Crippen LogP contribution < -0.4 is 10.6 Å². The van der Waals surface area contributed by atoms with E-state index in [1.165, 1.54) is 6.20 Å². The van der Waals surface area contributed by atoms with E-state index in [9.17, 15) is 13.6 Å². The summed E-state index contributed by atoms with van der Waals surface area (Å²) < 4.78 is 28.1. The third-order valence-corrected chi connectivity index (χ3v) is 3.74. The predicted octanol–water partition coefficient (Wildman–Crippen LogP) is 4.66. The molecule has 0 radical (unpaired) electrons. The van der Waals surface area contributed by atoms with Gasteiger partial charge >= 0.3 is 6.03 Å². The first-order valence-electron chi connectivity index (χ1n) is 7.25. The Morgan fingerprint density at radius 1 is 1.16 bits per heavy atom. The highest BCUT2D eigenvalue weighted by atomic mass is 35.5. The molecule has 0 aliphatic rings. The summed E-state index contributed by atoms with van der Waals surface area (Å²) in [6, 6.07) is 9.20. The summed E-state index contributed by atoms with van der Waals surface area (Å²) in [5.74, 6) is -1.57. The maximum Gasteiger partial charge on any atom is 0.323 e. The third kappa shape index (κ3) is 3.77. The van der Waals surface area contributed by atoms with Crippen LogP contribution in [0.25, 0.3) is 11.3 Å². The van der Waals surface area contributed by atoms with Crippen LogP contribution in [0.1, 0.15) is 0 Å². The van der Waals surface area contributed by atoms with Crippen molar-refractivity contribution in [1.82, 2.24) is 9.78 Å². The minimum atomic E-state index is -0.856. The highest BCUT2D eigenvalue weighted by molar-refractivity contribution is 6.33. The number of hydrogen-bond donors (Lipinski definition) is 2. The summed E-state index contributed by atoms with van der Waals surface area (Å²) in [5.41, 5.74) is 1.82. The number of carbonyl (C=O) groups is 1. The quantitative estimate of drug-likeness (QED) is 0.711. The summed E-state index contributed by atoms with van der Waals surface area (Å²) >= 11 is 6.12. The Labute approximate surface area is 147 Å². The van der Waals surface area contributed by atoms with Gasteiger partial charge in [0.15, 0.2) is 0 Å². The number of nitrogens with one attached hydrogen (secondary N) is 2. The molecule has 0 atom stereocenters. The number of hydrogen-bond acceptors (Lipinski definition) is 2. The lowest BCUT2D eigenvalue weighted by molar-refractivity contribution is 0.262. The molecule has 0 saturated carbocycles. The summed E-state index contributed by atoms with van der Waals surface area (Å²) in [7, 11) is 1.76. The van der Waals surface area contributed by atoms with Crippen molar-refractivity contribution in [3.05, 3.63) is 65.3 Å². The number of halogens is 3. The van der Waals surface area contributed by atoms with E-state index in [2.05, 4.69) is 15.7 Å². The lowest BCUT2D eigenvalue weighted by atomic mass is 10.1. The van der Waals surface area contributed by atoms with Crippen molar-refractivity contribution in [3.63, 3.8) is 0 Å². The monoisotopic (exact) mass is 362 g/mol. The number of amides is 2. The van der Waals surface area contributed by atoms with Gasteiger partial charge in [-0.3, -0.25) is 4.68 Å². The van der Waals surface area contributed by atoms with Crippen molar-refractivity contribution in [2.45, 2.75) is 0 Å². The van der Waals surface area contributed by atoms with E-state index in [0.717, 1.165) is 17.7 Å². The summed E-state index contributed by atoms with van der Waals surface area (Å²) in [6.07, 6.45) is 1.53. The highest BCUT2D eigenvalue weighted by Crippen LogP contribution is 2.28. The average molecular weight is 363 g/mol. The maximum atomic E-state index is 13.6. The first kappa shape index (κ1) is 16.9. The van der Waals surface area contributed by atoms with Crippen LogP contribution in [0, 0.1) is 11.6 Å². The van der Waals surface area contributed by atoms with E-state index in [0.29, 0.717) is 22.5 Å². The van der Waals surface area contributed by atoms with Crippen LogP contribution in [-0.2, 0) is 7.05 Å². The first-order valence-corrected chi connectivity index (χ1v) is 7.63. The largest absolute Gasteiger partial charge is 0.323 e. The fourth-order valence-corrected chi connectivity index (χ4v) is 2.63. The highest BCUT2D eigenvalue weighted by Gasteiger charge is 2.11. The second-order valence-electron chi connectivity index (χ2n) is 5.25. The number of urea groups is 1. The lowest BCUT2D eigenvalue weighted by Crippen LogP contribution is -2.20. The van der Waals surface area contributed by atoms with E-state index >= 15 is 0 Å². The van der Waals surface area contributed by atoms with Gasteiger partial charge in [-0.05, 0) is 24.3 Å². The van der Waals surface area contributed by atoms with Crippen molar-refractivity contribution in [1.29, 1.82) is 0 Å². The molecule has 0 fully saturated rings. The second-order valence-corrected chi connectivity index (χ2v) is 5.66. The Hall–Kier alpha value is -2.93. The van der Waals surface area contributed by atoms with Crippen LogP contribution in [0.4, 0.5) is 25.0 Å². The van der Waals surface area contributed by atoms with Gasteiger partial charge in [-0.2, -0.15) is 5.10 Å². The third-order valence-electron chi connectivity index (χ3n) is 3.47. The van der Waals surface area contributed by atoms with E-state index < -0.39 is 17.7 Å². The second kappa shape index (κ2) is 6.90. The number of aromatic nitrogens is 2. The number of aryl methyl sites for hydroxylation is 1. The smallest absolute Gasteiger partial charge is 0.308 e. The predicted molar refractivity (Wildman–Crippen MR) is 92.7 cm³/mol. The van der Waals surface area contributed by atoms with Crippen LogP contribution in [-0.4, -0.2) is 15.8 Å². The molecule has 5 nitrogen and oxygen atoms in total. The minimum absolute atomic E-state index is 0.121. The van der Waals surface area contributed by atoms with Gasteiger partial charge in [-0.25, -0.2) is 13.6 Å². The molecule has 25 heavy (non-hydrogen) atoms. The van der Waals surface area contributed by atoms with Gasteiger partial charge in [-0.15, -0.1) is 0 Å². The van der Waals surface area contributed by atoms with Crippen molar-refractivity contribution in [2.24, 2.45) is 7.05 Å². The zero-order valence-corrected chi connectivity index (χ0v) is 13.8. The van der Waals surface area contributed by atoms with Gasteiger partial charge < -0.3 is 10.6 Å². The molecule has 0 aliphatic carbocycles. The number of anilines is 2. The minimum Gasteiger partial charge on any atom is -0.308 e. The van der Waals surface area contributed by atoms with Crippen molar-refractivity contribution >= 4 is 29.0 Å². The van der Waals surface area contributed by atoms with Gasteiger partial charge in [0.2, 0.25) is 0 Å². The molecule has 0 bridgehead atoms. The molecule has 2 N–H and O–H groups in total. The van der Waals surface area contributed by atoms with Gasteiger partial charge in [-0.1, -0.05) is 23.7 Å².